The van der Waals surface area contributed by atoms with Gasteiger partial charge in [-0.05, 0) is 69.9 Å². The van der Waals surface area contributed by atoms with Gasteiger partial charge in [-0.3, -0.25) is 9.48 Å². The number of fused-ring (bicyclic) bond motifs is 1. The molecule has 3 aromatic rings. The van der Waals surface area contributed by atoms with Crippen LogP contribution < -0.4 is 5.32 Å². The fourth-order valence-electron chi connectivity index (χ4n) is 4.27. The van der Waals surface area contributed by atoms with E-state index in [9.17, 15) is 14.7 Å². The van der Waals surface area contributed by atoms with E-state index >= 15 is 0 Å². The van der Waals surface area contributed by atoms with Gasteiger partial charge in [-0.15, -0.1) is 0 Å². The molecule has 1 heterocycles. The first-order valence-corrected chi connectivity index (χ1v) is 11.4. The van der Waals surface area contributed by atoms with Gasteiger partial charge in [0.1, 0.15) is 6.29 Å². The molecule has 0 radical (unpaired) electrons. The van der Waals surface area contributed by atoms with Crippen LogP contribution in [0.3, 0.4) is 0 Å². The minimum absolute atomic E-state index is 0.139. The second-order valence-corrected chi connectivity index (χ2v) is 9.81. The van der Waals surface area contributed by atoms with Crippen LogP contribution in [0.4, 0.5) is 5.69 Å². The number of aldehydes is 1. The molecule has 1 aliphatic rings. The third-order valence-corrected chi connectivity index (χ3v) is 6.44. The Kier molecular flexibility index (Phi) is 6.30. The molecule has 0 aliphatic heterocycles. The fraction of sp³-hybridized carbons (Fsp3) is 0.375. The molecule has 2 N–H and O–H groups in total. The Hall–Kier alpha value is -2.41. The highest BCUT2D eigenvalue weighted by molar-refractivity contribution is 6.35. The Morgan fingerprint density at radius 2 is 1.78 bits per heavy atom. The van der Waals surface area contributed by atoms with E-state index in [0.29, 0.717) is 26.9 Å². The lowest BCUT2D eigenvalue weighted by Crippen LogP contribution is -2.21. The van der Waals surface area contributed by atoms with Crippen molar-refractivity contribution in [3.63, 3.8) is 0 Å². The van der Waals surface area contributed by atoms with Crippen molar-refractivity contribution in [2.75, 3.05) is 5.32 Å². The van der Waals surface area contributed by atoms with Gasteiger partial charge in [0, 0.05) is 44.4 Å². The molecule has 6 nitrogen and oxygen atoms in total. The van der Waals surface area contributed by atoms with E-state index in [0.717, 1.165) is 42.9 Å². The van der Waals surface area contributed by atoms with E-state index in [1.807, 2.05) is 23.0 Å². The second kappa shape index (κ2) is 8.85. The number of hydrogen-bond acceptors (Lipinski definition) is 4. The molecule has 0 atom stereocenters. The van der Waals surface area contributed by atoms with Crippen molar-refractivity contribution in [3.8, 4) is 0 Å². The maximum absolute atomic E-state index is 12.9. The zero-order chi connectivity index (χ0) is 23.0. The number of rotatable bonds is 5. The SMILES string of the molecule is CC(C)(O)c1cc2nn(C3CCC(C=O)CC3)cc2cc1NC(=O)c1cc(Cl)cc(Cl)c1. The molecule has 168 valence electrons. The van der Waals surface area contributed by atoms with Crippen molar-refractivity contribution in [2.24, 2.45) is 5.92 Å². The topological polar surface area (TPSA) is 84.2 Å². The summed E-state index contributed by atoms with van der Waals surface area (Å²) < 4.78 is 1.95. The number of carbonyl (C=O) groups is 2. The van der Waals surface area contributed by atoms with E-state index < -0.39 is 5.60 Å². The third-order valence-electron chi connectivity index (χ3n) is 6.00. The average molecular weight is 474 g/mol. The van der Waals surface area contributed by atoms with E-state index in [2.05, 4.69) is 5.32 Å². The Morgan fingerprint density at radius 1 is 1.12 bits per heavy atom. The van der Waals surface area contributed by atoms with Crippen LogP contribution in [-0.2, 0) is 10.4 Å². The predicted octanol–water partition coefficient (Wildman–Crippen LogP) is 5.75. The van der Waals surface area contributed by atoms with Crippen molar-refractivity contribution < 1.29 is 14.7 Å². The van der Waals surface area contributed by atoms with Crippen LogP contribution in [0.25, 0.3) is 10.9 Å². The smallest absolute Gasteiger partial charge is 0.255 e. The molecule has 1 fully saturated rings. The van der Waals surface area contributed by atoms with Crippen molar-refractivity contribution >= 4 is 52.0 Å². The van der Waals surface area contributed by atoms with Crippen molar-refractivity contribution in [3.05, 3.63) is 57.7 Å². The highest BCUT2D eigenvalue weighted by Gasteiger charge is 2.26. The molecule has 0 unspecified atom stereocenters. The van der Waals surface area contributed by atoms with Crippen molar-refractivity contribution in [1.29, 1.82) is 0 Å². The van der Waals surface area contributed by atoms with Gasteiger partial charge in [0.2, 0.25) is 0 Å². The van der Waals surface area contributed by atoms with Crippen LogP contribution in [0, 0.1) is 5.92 Å². The monoisotopic (exact) mass is 473 g/mol. The fourth-order valence-corrected chi connectivity index (χ4v) is 4.80. The van der Waals surface area contributed by atoms with E-state index in [1.165, 1.54) is 0 Å². The maximum Gasteiger partial charge on any atom is 0.255 e. The molecule has 1 aliphatic carbocycles. The Bertz CT molecular complexity index is 1150. The number of nitrogens with zero attached hydrogens (tertiary/aromatic N) is 2. The third kappa shape index (κ3) is 4.82. The molecule has 0 bridgehead atoms. The van der Waals surface area contributed by atoms with Crippen LogP contribution in [0.1, 0.15) is 61.5 Å². The Morgan fingerprint density at radius 3 is 2.38 bits per heavy atom. The summed E-state index contributed by atoms with van der Waals surface area (Å²) in [7, 11) is 0. The minimum atomic E-state index is -1.20. The molecule has 0 spiro atoms. The van der Waals surface area contributed by atoms with Crippen molar-refractivity contribution in [1.82, 2.24) is 9.78 Å². The number of anilines is 1. The largest absolute Gasteiger partial charge is 0.386 e. The number of benzene rings is 2. The summed E-state index contributed by atoms with van der Waals surface area (Å²) in [5.74, 6) is -0.237. The van der Waals surface area contributed by atoms with Gasteiger partial charge < -0.3 is 15.2 Å². The summed E-state index contributed by atoms with van der Waals surface area (Å²) in [4.78, 5) is 23.9. The van der Waals surface area contributed by atoms with E-state index in [4.69, 9.17) is 28.3 Å². The van der Waals surface area contributed by atoms with E-state index in [1.54, 1.807) is 32.0 Å². The van der Waals surface area contributed by atoms with Gasteiger partial charge in [0.05, 0.1) is 17.2 Å². The summed E-state index contributed by atoms with van der Waals surface area (Å²) in [6, 6.07) is 8.51. The highest BCUT2D eigenvalue weighted by Crippen LogP contribution is 2.35. The lowest BCUT2D eigenvalue weighted by Gasteiger charge is -2.25. The molecular formula is C24H25Cl2N3O3. The molecule has 1 amide bonds. The van der Waals surface area contributed by atoms with Crippen LogP contribution in [0.15, 0.2) is 36.5 Å². The normalized spacial score (nSPS) is 19.2. The molecule has 4 rings (SSSR count). The van der Waals surface area contributed by atoms with Crippen LogP contribution in [-0.4, -0.2) is 27.1 Å². The first-order chi connectivity index (χ1) is 15.1. The summed E-state index contributed by atoms with van der Waals surface area (Å²) in [5.41, 5.74) is 0.918. The summed E-state index contributed by atoms with van der Waals surface area (Å²) in [6.45, 7) is 3.33. The summed E-state index contributed by atoms with van der Waals surface area (Å²) in [6.07, 6.45) is 6.53. The number of hydrogen-bond donors (Lipinski definition) is 2. The first-order valence-electron chi connectivity index (χ1n) is 10.6. The number of carbonyl (C=O) groups excluding carboxylic acids is 2. The summed E-state index contributed by atoms with van der Waals surface area (Å²) in [5, 5.41) is 20.0. The van der Waals surface area contributed by atoms with Gasteiger partial charge in [-0.1, -0.05) is 23.2 Å². The Balaban J connectivity index is 1.68. The van der Waals surface area contributed by atoms with Gasteiger partial charge in [0.25, 0.3) is 5.91 Å². The quantitative estimate of drug-likeness (QED) is 0.461. The van der Waals surface area contributed by atoms with Gasteiger partial charge >= 0.3 is 0 Å². The molecule has 32 heavy (non-hydrogen) atoms. The predicted molar refractivity (Wildman–Crippen MR) is 126 cm³/mol. The first kappa shape index (κ1) is 22.8. The van der Waals surface area contributed by atoms with Gasteiger partial charge in [-0.25, -0.2) is 0 Å². The molecule has 1 aromatic heterocycles. The zero-order valence-electron chi connectivity index (χ0n) is 17.9. The second-order valence-electron chi connectivity index (χ2n) is 8.94. The summed E-state index contributed by atoms with van der Waals surface area (Å²) >= 11 is 12.1. The van der Waals surface area contributed by atoms with Crippen LogP contribution in [0.2, 0.25) is 10.0 Å². The number of aromatic nitrogens is 2. The molecular weight excluding hydrogens is 449 g/mol. The van der Waals surface area contributed by atoms with Crippen LogP contribution >= 0.6 is 23.2 Å². The average Bonchev–Trinajstić information content (AvgIpc) is 3.15. The number of amides is 1. The number of halogens is 2. The van der Waals surface area contributed by atoms with Crippen molar-refractivity contribution in [2.45, 2.75) is 51.2 Å². The van der Waals surface area contributed by atoms with Crippen LogP contribution in [0.5, 0.6) is 0 Å². The lowest BCUT2D eigenvalue weighted by atomic mass is 9.87. The molecule has 8 heteroatoms. The standard InChI is InChI=1S/C24H25Cl2N3O3/c1-24(2,32)20-11-21-16(12-29(28-21)19-5-3-14(13-30)4-6-19)9-22(20)27-23(31)15-7-17(25)10-18(26)8-15/h7-14,19,32H,3-6H2,1-2H3,(H,27,31). The molecule has 1 saturated carbocycles. The van der Waals surface area contributed by atoms with Gasteiger partial charge in [0.15, 0.2) is 0 Å². The Labute approximate surface area is 196 Å². The zero-order valence-corrected chi connectivity index (χ0v) is 19.5. The number of nitrogens with one attached hydrogen (secondary N) is 1. The van der Waals surface area contributed by atoms with E-state index in [-0.39, 0.29) is 17.9 Å². The molecule has 0 saturated heterocycles. The maximum atomic E-state index is 12.9. The lowest BCUT2D eigenvalue weighted by molar-refractivity contribution is -0.112. The number of aliphatic hydroxyl groups is 1. The highest BCUT2D eigenvalue weighted by atomic mass is 35.5. The van der Waals surface area contributed by atoms with Gasteiger partial charge in [-0.2, -0.15) is 5.10 Å². The molecule has 2 aromatic carbocycles. The minimum Gasteiger partial charge on any atom is -0.386 e.